The number of rotatable bonds is 6. The number of carbonyl (C=O) groups excluding carboxylic acids is 3. The van der Waals surface area contributed by atoms with Gasteiger partial charge in [0.05, 0.1) is 31.7 Å². The number of hydrogen-bond acceptors (Lipinski definition) is 5. The first kappa shape index (κ1) is 21.0. The van der Waals surface area contributed by atoms with Gasteiger partial charge in [-0.1, -0.05) is 30.4 Å². The Labute approximate surface area is 197 Å². The van der Waals surface area contributed by atoms with E-state index >= 15 is 0 Å². The standard InChI is InChI=1S/C27H26N2O5/c1-33-16-7-5-6-15(12-16)25(30)28(21-8-3-4-9-22(21)34-2)14-29-26(31)23-17-10-11-18(20-13-19(17)20)24(23)27(29)32/h3-12,17-20,23-24H,13-14H2,1-2H3/t17-,18+,19-,20-,23+,24-/m1/s1. The monoisotopic (exact) mass is 458 g/mol. The van der Waals surface area contributed by atoms with Gasteiger partial charge in [-0.15, -0.1) is 0 Å². The summed E-state index contributed by atoms with van der Waals surface area (Å²) >= 11 is 0. The number of methoxy groups -OCH3 is 2. The molecule has 1 heterocycles. The van der Waals surface area contributed by atoms with Crippen molar-refractivity contribution in [3.63, 3.8) is 0 Å². The van der Waals surface area contributed by atoms with Crippen LogP contribution >= 0.6 is 0 Å². The van der Waals surface area contributed by atoms with Crippen molar-refractivity contribution in [2.24, 2.45) is 35.5 Å². The largest absolute Gasteiger partial charge is 0.497 e. The van der Waals surface area contributed by atoms with Crippen LogP contribution in [-0.2, 0) is 9.59 Å². The van der Waals surface area contributed by atoms with E-state index in [-0.39, 0.29) is 48.1 Å². The van der Waals surface area contributed by atoms with E-state index < -0.39 is 0 Å². The van der Waals surface area contributed by atoms with Crippen LogP contribution < -0.4 is 14.4 Å². The number of nitrogens with zero attached hydrogens (tertiary/aromatic N) is 2. The maximum atomic E-state index is 13.8. The fourth-order valence-electron chi connectivity index (χ4n) is 6.31. The Kier molecular flexibility index (Phi) is 4.76. The van der Waals surface area contributed by atoms with Crippen molar-refractivity contribution in [2.45, 2.75) is 6.42 Å². The number of amides is 3. The predicted molar refractivity (Wildman–Crippen MR) is 124 cm³/mol. The molecule has 2 aromatic rings. The molecule has 2 aromatic carbocycles. The van der Waals surface area contributed by atoms with Gasteiger partial charge in [-0.05, 0) is 60.4 Å². The fraction of sp³-hybridized carbons (Fsp3) is 0.370. The molecule has 0 radical (unpaired) electrons. The summed E-state index contributed by atoms with van der Waals surface area (Å²) in [6, 6.07) is 14.0. The van der Waals surface area contributed by atoms with E-state index in [2.05, 4.69) is 12.2 Å². The lowest BCUT2D eigenvalue weighted by molar-refractivity contribution is -0.140. The molecular formula is C27H26N2O5. The minimum Gasteiger partial charge on any atom is -0.497 e. The Bertz CT molecular complexity index is 1190. The normalized spacial score (nSPS) is 30.1. The van der Waals surface area contributed by atoms with Gasteiger partial charge in [-0.2, -0.15) is 0 Å². The molecular weight excluding hydrogens is 432 g/mol. The van der Waals surface area contributed by atoms with Gasteiger partial charge in [0, 0.05) is 5.56 Å². The van der Waals surface area contributed by atoms with E-state index in [9.17, 15) is 14.4 Å². The molecule has 0 N–H and O–H groups in total. The number of allylic oxidation sites excluding steroid dienone is 2. The first-order valence-corrected chi connectivity index (χ1v) is 11.7. The van der Waals surface area contributed by atoms with Crippen molar-refractivity contribution in [3.8, 4) is 11.5 Å². The lowest BCUT2D eigenvalue weighted by Gasteiger charge is -2.37. The van der Waals surface area contributed by atoms with Gasteiger partial charge in [0.2, 0.25) is 11.8 Å². The van der Waals surface area contributed by atoms with Crippen molar-refractivity contribution in [1.82, 2.24) is 4.90 Å². The lowest BCUT2D eigenvalue weighted by atomic mass is 9.63. The Hall–Kier alpha value is -3.61. The number of carbonyl (C=O) groups is 3. The summed E-state index contributed by atoms with van der Waals surface area (Å²) < 4.78 is 10.8. The second kappa shape index (κ2) is 7.72. The van der Waals surface area contributed by atoms with Crippen LogP contribution in [0.25, 0.3) is 0 Å². The van der Waals surface area contributed by atoms with Crippen molar-refractivity contribution >= 4 is 23.4 Å². The highest BCUT2D eigenvalue weighted by atomic mass is 16.5. The summed E-state index contributed by atoms with van der Waals surface area (Å²) in [5.41, 5.74) is 0.891. The van der Waals surface area contributed by atoms with E-state index in [1.54, 1.807) is 42.5 Å². The molecule has 7 nitrogen and oxygen atoms in total. The van der Waals surface area contributed by atoms with Crippen LogP contribution in [0.3, 0.4) is 0 Å². The van der Waals surface area contributed by atoms with Crippen molar-refractivity contribution in [1.29, 1.82) is 0 Å². The maximum absolute atomic E-state index is 13.8. The molecule has 0 spiro atoms. The fourth-order valence-corrected chi connectivity index (χ4v) is 6.31. The van der Waals surface area contributed by atoms with E-state index in [1.165, 1.54) is 24.0 Å². The van der Waals surface area contributed by atoms with E-state index in [1.807, 2.05) is 6.07 Å². The van der Waals surface area contributed by atoms with Crippen LogP contribution in [0.5, 0.6) is 11.5 Å². The minimum absolute atomic E-state index is 0.134. The minimum atomic E-state index is -0.345. The highest BCUT2D eigenvalue weighted by Gasteiger charge is 2.67. The van der Waals surface area contributed by atoms with Crippen LogP contribution in [0.15, 0.2) is 60.7 Å². The number of benzene rings is 2. The number of likely N-dealkylation sites (tertiary alicyclic amines) is 1. The molecule has 1 aliphatic heterocycles. The van der Waals surface area contributed by atoms with Crippen LogP contribution in [0.2, 0.25) is 0 Å². The summed E-state index contributed by atoms with van der Waals surface area (Å²) in [5.74, 6) is 1.05. The molecule has 7 heteroatoms. The van der Waals surface area contributed by atoms with Gasteiger partial charge >= 0.3 is 0 Å². The lowest BCUT2D eigenvalue weighted by Crippen LogP contribution is -2.45. The highest BCUT2D eigenvalue weighted by Crippen LogP contribution is 2.65. The second-order valence-corrected chi connectivity index (χ2v) is 9.54. The maximum Gasteiger partial charge on any atom is 0.260 e. The van der Waals surface area contributed by atoms with Crippen LogP contribution in [0, 0.1) is 35.5 Å². The van der Waals surface area contributed by atoms with Crippen molar-refractivity contribution < 1.29 is 23.9 Å². The van der Waals surface area contributed by atoms with Gasteiger partial charge in [-0.25, -0.2) is 0 Å². The molecule has 0 aromatic heterocycles. The average Bonchev–Trinajstić information content (AvgIpc) is 3.67. The zero-order chi connectivity index (χ0) is 23.6. The van der Waals surface area contributed by atoms with Gasteiger partial charge in [0.1, 0.15) is 18.2 Å². The van der Waals surface area contributed by atoms with Crippen LogP contribution in [0.1, 0.15) is 16.8 Å². The van der Waals surface area contributed by atoms with Gasteiger partial charge < -0.3 is 9.47 Å². The number of hydrogen-bond donors (Lipinski definition) is 0. The summed E-state index contributed by atoms with van der Waals surface area (Å²) in [7, 11) is 3.07. The van der Waals surface area contributed by atoms with E-state index in [0.29, 0.717) is 34.6 Å². The van der Waals surface area contributed by atoms with E-state index in [0.717, 1.165) is 6.42 Å². The van der Waals surface area contributed by atoms with Crippen molar-refractivity contribution in [2.75, 3.05) is 25.8 Å². The molecule has 2 saturated carbocycles. The van der Waals surface area contributed by atoms with Gasteiger partial charge in [0.25, 0.3) is 5.91 Å². The molecule has 174 valence electrons. The number of para-hydroxylation sites is 2. The molecule has 7 rings (SSSR count). The third kappa shape index (κ3) is 2.99. The SMILES string of the molecule is COc1cccc(C(=O)N(CN2C(=O)[C@@H]3[C@H]4C=C[C@H]([C@H]5C[C@H]45)[C@@H]3C2=O)c2ccccc2OC)c1. The molecule has 3 fully saturated rings. The van der Waals surface area contributed by atoms with Crippen molar-refractivity contribution in [3.05, 3.63) is 66.2 Å². The smallest absolute Gasteiger partial charge is 0.260 e. The molecule has 6 atom stereocenters. The predicted octanol–water partition coefficient (Wildman–Crippen LogP) is 3.36. The van der Waals surface area contributed by atoms with Gasteiger partial charge in [0.15, 0.2) is 0 Å². The first-order chi connectivity index (χ1) is 16.5. The Morgan fingerprint density at radius 2 is 1.62 bits per heavy atom. The van der Waals surface area contributed by atoms with Crippen LogP contribution in [-0.4, -0.2) is 43.5 Å². The zero-order valence-electron chi connectivity index (χ0n) is 19.1. The number of ether oxygens (including phenoxy) is 2. The van der Waals surface area contributed by atoms with Gasteiger partial charge in [-0.3, -0.25) is 24.2 Å². The quantitative estimate of drug-likeness (QED) is 0.490. The molecule has 34 heavy (non-hydrogen) atoms. The third-order valence-electron chi connectivity index (χ3n) is 7.97. The topological polar surface area (TPSA) is 76.2 Å². The summed E-state index contributed by atoms with van der Waals surface area (Å²) in [6.07, 6.45) is 5.40. The van der Waals surface area contributed by atoms with E-state index in [4.69, 9.17) is 9.47 Å². The van der Waals surface area contributed by atoms with Crippen LogP contribution in [0.4, 0.5) is 5.69 Å². The Morgan fingerprint density at radius 3 is 2.26 bits per heavy atom. The summed E-state index contributed by atoms with van der Waals surface area (Å²) in [6.45, 7) is -0.157. The summed E-state index contributed by atoms with van der Waals surface area (Å²) in [4.78, 5) is 43.6. The molecule has 1 saturated heterocycles. The Morgan fingerprint density at radius 1 is 0.941 bits per heavy atom. The second-order valence-electron chi connectivity index (χ2n) is 9.54. The number of imide groups is 1. The molecule has 3 amide bonds. The number of anilines is 1. The molecule has 5 aliphatic rings. The molecule has 2 bridgehead atoms. The zero-order valence-corrected chi connectivity index (χ0v) is 19.1. The highest BCUT2D eigenvalue weighted by molar-refractivity contribution is 6.10. The average molecular weight is 459 g/mol. The Balaban J connectivity index is 1.37. The molecule has 4 aliphatic carbocycles. The first-order valence-electron chi connectivity index (χ1n) is 11.7. The summed E-state index contributed by atoms with van der Waals surface area (Å²) in [5, 5.41) is 0. The third-order valence-corrected chi connectivity index (χ3v) is 7.97. The molecule has 0 unspecified atom stereocenters.